The normalized spacial score (nSPS) is 10.4. The topological polar surface area (TPSA) is 108 Å². The van der Waals surface area contributed by atoms with Crippen molar-refractivity contribution in [2.45, 2.75) is 20.0 Å². The number of hydrogen-bond acceptors (Lipinski definition) is 5. The van der Waals surface area contributed by atoms with Crippen LogP contribution in [-0.2, 0) is 17.9 Å². The van der Waals surface area contributed by atoms with Crippen LogP contribution in [0.5, 0.6) is 0 Å². The molecular weight excluding hydrogens is 264 g/mol. The summed E-state index contributed by atoms with van der Waals surface area (Å²) in [5.41, 5.74) is 0.782. The second-order valence-electron chi connectivity index (χ2n) is 4.22. The summed E-state index contributed by atoms with van der Waals surface area (Å²) in [4.78, 5) is 21.6. The number of rotatable bonds is 6. The van der Waals surface area contributed by atoms with Gasteiger partial charge in [0.2, 0.25) is 5.91 Å². The predicted molar refractivity (Wildman–Crippen MR) is 68.9 cm³/mol. The van der Waals surface area contributed by atoms with Gasteiger partial charge in [-0.1, -0.05) is 0 Å². The molecule has 0 saturated carbocycles. The van der Waals surface area contributed by atoms with Crippen molar-refractivity contribution in [1.82, 2.24) is 24.9 Å². The number of nitrogens with zero attached hydrogens (tertiary/aromatic N) is 5. The van der Waals surface area contributed by atoms with Crippen molar-refractivity contribution >= 4 is 11.6 Å². The van der Waals surface area contributed by atoms with Gasteiger partial charge in [-0.2, -0.15) is 10.2 Å². The van der Waals surface area contributed by atoms with Crippen molar-refractivity contribution in [2.75, 3.05) is 6.54 Å². The Morgan fingerprint density at radius 2 is 2.30 bits per heavy atom. The molecule has 9 heteroatoms. The molecule has 2 aromatic rings. The largest absolute Gasteiger partial charge is 0.353 e. The Labute approximate surface area is 114 Å². The average molecular weight is 278 g/mol. The summed E-state index contributed by atoms with van der Waals surface area (Å²) in [7, 11) is 0. The van der Waals surface area contributed by atoms with E-state index in [0.29, 0.717) is 13.1 Å². The number of amides is 1. The summed E-state index contributed by atoms with van der Waals surface area (Å²) in [6.45, 7) is 2.71. The van der Waals surface area contributed by atoms with Crippen molar-refractivity contribution < 1.29 is 9.72 Å². The van der Waals surface area contributed by atoms with Gasteiger partial charge in [-0.05, 0) is 13.0 Å². The van der Waals surface area contributed by atoms with Crippen LogP contribution in [0.25, 0.3) is 0 Å². The van der Waals surface area contributed by atoms with Crippen molar-refractivity contribution in [3.63, 3.8) is 0 Å². The zero-order chi connectivity index (χ0) is 14.5. The maximum atomic E-state index is 11.6. The first-order valence-corrected chi connectivity index (χ1v) is 5.98. The highest BCUT2D eigenvalue weighted by molar-refractivity contribution is 5.75. The summed E-state index contributed by atoms with van der Waals surface area (Å²) < 4.78 is 2.96. The average Bonchev–Trinajstić information content (AvgIpc) is 2.99. The SMILES string of the molecule is Cc1ccn(CC(=O)NCCn2cc([N+](=O)[O-])cn2)n1. The first-order valence-electron chi connectivity index (χ1n) is 5.98. The third-order valence-corrected chi connectivity index (χ3v) is 2.57. The quantitative estimate of drug-likeness (QED) is 0.596. The Morgan fingerprint density at radius 1 is 1.50 bits per heavy atom. The number of nitro groups is 1. The van der Waals surface area contributed by atoms with Gasteiger partial charge in [-0.15, -0.1) is 0 Å². The van der Waals surface area contributed by atoms with Gasteiger partial charge < -0.3 is 5.32 Å². The molecule has 106 valence electrons. The molecule has 1 amide bonds. The first-order chi connectivity index (χ1) is 9.54. The molecule has 0 atom stereocenters. The molecule has 9 nitrogen and oxygen atoms in total. The number of carbonyl (C=O) groups excluding carboxylic acids is 1. The molecule has 0 saturated heterocycles. The van der Waals surface area contributed by atoms with Crippen molar-refractivity contribution in [2.24, 2.45) is 0 Å². The lowest BCUT2D eigenvalue weighted by Gasteiger charge is -2.05. The van der Waals surface area contributed by atoms with E-state index < -0.39 is 4.92 Å². The van der Waals surface area contributed by atoms with E-state index in [9.17, 15) is 14.9 Å². The third-order valence-electron chi connectivity index (χ3n) is 2.57. The highest BCUT2D eigenvalue weighted by Crippen LogP contribution is 2.06. The predicted octanol–water partition coefficient (Wildman–Crippen LogP) is 0.113. The van der Waals surface area contributed by atoms with Gasteiger partial charge >= 0.3 is 5.69 Å². The van der Waals surface area contributed by atoms with Crippen molar-refractivity contribution in [1.29, 1.82) is 0 Å². The second-order valence-corrected chi connectivity index (χ2v) is 4.22. The molecule has 0 aliphatic carbocycles. The number of aromatic nitrogens is 4. The fourth-order valence-electron chi connectivity index (χ4n) is 1.63. The molecule has 0 radical (unpaired) electrons. The lowest BCUT2D eigenvalue weighted by molar-refractivity contribution is -0.385. The Morgan fingerprint density at radius 3 is 2.90 bits per heavy atom. The number of nitrogens with one attached hydrogen (secondary N) is 1. The summed E-state index contributed by atoms with van der Waals surface area (Å²) in [6, 6.07) is 1.82. The Kier molecular flexibility index (Phi) is 4.08. The maximum absolute atomic E-state index is 11.6. The Hall–Kier alpha value is -2.71. The summed E-state index contributed by atoms with van der Waals surface area (Å²) >= 11 is 0. The minimum atomic E-state index is -0.512. The van der Waals surface area contributed by atoms with E-state index in [-0.39, 0.29) is 18.1 Å². The molecule has 0 bridgehead atoms. The standard InChI is InChI=1S/C11H14N6O3/c1-9-2-4-16(14-9)8-11(18)12-3-5-15-7-10(6-13-15)17(19)20/h2,4,6-7H,3,5,8H2,1H3,(H,12,18). The molecule has 0 spiro atoms. The zero-order valence-electron chi connectivity index (χ0n) is 10.9. The van der Waals surface area contributed by atoms with Gasteiger partial charge in [-0.25, -0.2) is 0 Å². The van der Waals surface area contributed by atoms with E-state index in [2.05, 4.69) is 15.5 Å². The van der Waals surface area contributed by atoms with Gasteiger partial charge in [0.1, 0.15) is 18.9 Å². The van der Waals surface area contributed by atoms with Crippen LogP contribution >= 0.6 is 0 Å². The highest BCUT2D eigenvalue weighted by Gasteiger charge is 2.08. The highest BCUT2D eigenvalue weighted by atomic mass is 16.6. The fraction of sp³-hybridized carbons (Fsp3) is 0.364. The van der Waals surface area contributed by atoms with Gasteiger partial charge in [0.25, 0.3) is 0 Å². The van der Waals surface area contributed by atoms with Gasteiger partial charge in [0, 0.05) is 12.7 Å². The Bertz CT molecular complexity index is 617. The third kappa shape index (κ3) is 3.64. The van der Waals surface area contributed by atoms with Crippen LogP contribution in [0, 0.1) is 17.0 Å². The van der Waals surface area contributed by atoms with Gasteiger partial charge in [0.15, 0.2) is 0 Å². The summed E-state index contributed by atoms with van der Waals surface area (Å²) in [5.74, 6) is -0.172. The van der Waals surface area contributed by atoms with Crippen molar-refractivity contribution in [3.8, 4) is 0 Å². The Balaban J connectivity index is 1.74. The summed E-state index contributed by atoms with van der Waals surface area (Å²) in [6.07, 6.45) is 4.23. The molecule has 2 heterocycles. The number of carbonyl (C=O) groups is 1. The monoisotopic (exact) mass is 278 g/mol. The molecular formula is C11H14N6O3. The summed E-state index contributed by atoms with van der Waals surface area (Å²) in [5, 5.41) is 21.1. The molecule has 0 aliphatic rings. The van der Waals surface area contributed by atoms with E-state index >= 15 is 0 Å². The van der Waals surface area contributed by atoms with E-state index in [1.807, 2.05) is 13.0 Å². The first kappa shape index (κ1) is 13.7. The number of hydrogen-bond donors (Lipinski definition) is 1. The van der Waals surface area contributed by atoms with Crippen molar-refractivity contribution in [3.05, 3.63) is 40.5 Å². The van der Waals surface area contributed by atoms with Crippen LogP contribution in [0.1, 0.15) is 5.69 Å². The minimum Gasteiger partial charge on any atom is -0.353 e. The van der Waals surface area contributed by atoms with Crippen LogP contribution in [0.15, 0.2) is 24.7 Å². The van der Waals surface area contributed by atoms with E-state index in [1.165, 1.54) is 17.1 Å². The number of aryl methyl sites for hydroxylation is 1. The zero-order valence-corrected chi connectivity index (χ0v) is 10.9. The van der Waals surface area contributed by atoms with Crippen LogP contribution in [0.3, 0.4) is 0 Å². The minimum absolute atomic E-state index is 0.0663. The molecule has 0 fully saturated rings. The smallest absolute Gasteiger partial charge is 0.306 e. The van der Waals surface area contributed by atoms with Crippen LogP contribution in [0.4, 0.5) is 5.69 Å². The van der Waals surface area contributed by atoms with Crippen LogP contribution in [0.2, 0.25) is 0 Å². The fourth-order valence-corrected chi connectivity index (χ4v) is 1.63. The molecule has 20 heavy (non-hydrogen) atoms. The molecule has 0 unspecified atom stereocenters. The molecule has 0 aromatic carbocycles. The molecule has 2 aromatic heterocycles. The lowest BCUT2D eigenvalue weighted by atomic mass is 10.5. The molecule has 2 rings (SSSR count). The van der Waals surface area contributed by atoms with E-state index in [1.54, 1.807) is 10.9 Å². The maximum Gasteiger partial charge on any atom is 0.306 e. The lowest BCUT2D eigenvalue weighted by Crippen LogP contribution is -2.30. The van der Waals surface area contributed by atoms with E-state index in [4.69, 9.17) is 0 Å². The molecule has 0 aliphatic heterocycles. The van der Waals surface area contributed by atoms with Crippen LogP contribution < -0.4 is 5.32 Å². The molecule has 1 N–H and O–H groups in total. The van der Waals surface area contributed by atoms with Gasteiger partial charge in [0.05, 0.1) is 17.2 Å². The van der Waals surface area contributed by atoms with E-state index in [0.717, 1.165) is 5.69 Å². The second kappa shape index (κ2) is 5.95. The van der Waals surface area contributed by atoms with Crippen LogP contribution in [-0.4, -0.2) is 36.9 Å². The van der Waals surface area contributed by atoms with Gasteiger partial charge in [-0.3, -0.25) is 24.3 Å².